The van der Waals surface area contributed by atoms with Crippen molar-refractivity contribution in [1.29, 1.82) is 0 Å². The first kappa shape index (κ1) is 26.4. The smallest absolute Gasteiger partial charge is 0.363 e. The lowest BCUT2D eigenvalue weighted by atomic mass is 10.1. The van der Waals surface area contributed by atoms with Crippen molar-refractivity contribution in [3.63, 3.8) is 0 Å². The van der Waals surface area contributed by atoms with Gasteiger partial charge in [0.1, 0.15) is 24.4 Å². The number of aromatic nitrogens is 5. The van der Waals surface area contributed by atoms with Gasteiger partial charge in [-0.25, -0.2) is 19.9 Å². The minimum absolute atomic E-state index is 0.275. The SMILES string of the molecule is CN(C)c1cc(-c2ccc3nc(Nc4cc(CN5CCN(C(=O)CC(F)(F)F)CC5)ccn4)[nH]c3c2)ncn1. The fourth-order valence-electron chi connectivity index (χ4n) is 4.44. The third-order valence-electron chi connectivity index (χ3n) is 6.44. The average Bonchev–Trinajstić information content (AvgIpc) is 3.30. The molecule has 4 heterocycles. The van der Waals surface area contributed by atoms with Crippen molar-refractivity contribution in [2.75, 3.05) is 50.5 Å². The molecule has 1 fully saturated rings. The van der Waals surface area contributed by atoms with Crippen LogP contribution in [0.2, 0.25) is 0 Å². The van der Waals surface area contributed by atoms with Crippen LogP contribution in [0.25, 0.3) is 22.3 Å². The van der Waals surface area contributed by atoms with E-state index in [1.807, 2.05) is 55.4 Å². The fraction of sp³-hybridized carbons (Fsp3) is 0.346. The van der Waals surface area contributed by atoms with Crippen molar-refractivity contribution in [1.82, 2.24) is 34.7 Å². The number of aromatic amines is 1. The van der Waals surface area contributed by atoms with E-state index >= 15 is 0 Å². The Morgan fingerprint density at radius 1 is 1.05 bits per heavy atom. The Labute approximate surface area is 222 Å². The molecule has 1 aliphatic rings. The second-order valence-corrected chi connectivity index (χ2v) is 9.60. The van der Waals surface area contributed by atoms with Crippen molar-refractivity contribution in [2.24, 2.45) is 0 Å². The van der Waals surface area contributed by atoms with Crippen LogP contribution in [0.3, 0.4) is 0 Å². The third kappa shape index (κ3) is 6.60. The first-order valence-corrected chi connectivity index (χ1v) is 12.4. The molecule has 1 aromatic carbocycles. The molecule has 0 unspecified atom stereocenters. The van der Waals surface area contributed by atoms with Gasteiger partial charge in [0.25, 0.3) is 0 Å². The molecule has 4 aromatic rings. The largest absolute Gasteiger partial charge is 0.397 e. The van der Waals surface area contributed by atoms with Gasteiger partial charge in [-0.05, 0) is 29.8 Å². The topological polar surface area (TPSA) is 106 Å². The number of benzene rings is 1. The highest BCUT2D eigenvalue weighted by atomic mass is 19.4. The maximum absolute atomic E-state index is 12.5. The molecule has 0 saturated carbocycles. The highest BCUT2D eigenvalue weighted by molar-refractivity contribution is 5.83. The number of hydrogen-bond donors (Lipinski definition) is 2. The number of fused-ring (bicyclic) bond motifs is 1. The molecular formula is C26H28F3N9O. The number of halogens is 3. The number of nitrogens with one attached hydrogen (secondary N) is 2. The van der Waals surface area contributed by atoms with E-state index in [1.54, 1.807) is 12.5 Å². The van der Waals surface area contributed by atoms with E-state index in [4.69, 9.17) is 0 Å². The quantitative estimate of drug-likeness (QED) is 0.365. The molecule has 0 spiro atoms. The minimum Gasteiger partial charge on any atom is -0.363 e. The number of anilines is 3. The highest BCUT2D eigenvalue weighted by Gasteiger charge is 2.34. The average molecular weight is 540 g/mol. The van der Waals surface area contributed by atoms with Crippen LogP contribution in [-0.2, 0) is 11.3 Å². The molecule has 0 radical (unpaired) electrons. The Morgan fingerprint density at radius 2 is 1.85 bits per heavy atom. The van der Waals surface area contributed by atoms with Crippen LogP contribution in [0.4, 0.5) is 30.8 Å². The second kappa shape index (κ2) is 10.8. The van der Waals surface area contributed by atoms with Gasteiger partial charge in [0.05, 0.1) is 16.7 Å². The highest BCUT2D eigenvalue weighted by Crippen LogP contribution is 2.26. The Kier molecular flexibility index (Phi) is 7.33. The van der Waals surface area contributed by atoms with Gasteiger partial charge in [0.15, 0.2) is 0 Å². The van der Waals surface area contributed by atoms with Gasteiger partial charge < -0.3 is 20.1 Å². The van der Waals surface area contributed by atoms with Crippen LogP contribution in [0, 0.1) is 0 Å². The molecule has 13 heteroatoms. The summed E-state index contributed by atoms with van der Waals surface area (Å²) in [6.07, 6.45) is -2.66. The number of hydrogen-bond acceptors (Lipinski definition) is 8. The molecule has 5 rings (SSSR count). The molecule has 0 atom stereocenters. The Balaban J connectivity index is 1.22. The van der Waals surface area contributed by atoms with Crippen molar-refractivity contribution < 1.29 is 18.0 Å². The molecule has 204 valence electrons. The van der Waals surface area contributed by atoms with Crippen LogP contribution < -0.4 is 10.2 Å². The Hall–Kier alpha value is -4.26. The van der Waals surface area contributed by atoms with Gasteiger partial charge in [-0.15, -0.1) is 0 Å². The van der Waals surface area contributed by atoms with Gasteiger partial charge in [-0.2, -0.15) is 13.2 Å². The zero-order valence-corrected chi connectivity index (χ0v) is 21.5. The number of H-pyrrole nitrogens is 1. The molecular weight excluding hydrogens is 511 g/mol. The summed E-state index contributed by atoms with van der Waals surface area (Å²) in [5, 5.41) is 3.21. The zero-order chi connectivity index (χ0) is 27.6. The number of nitrogens with zero attached hydrogens (tertiary/aromatic N) is 7. The number of carbonyl (C=O) groups excluding carboxylic acids is 1. The number of amides is 1. The summed E-state index contributed by atoms with van der Waals surface area (Å²) in [7, 11) is 3.85. The van der Waals surface area contributed by atoms with Crippen LogP contribution in [0.15, 0.2) is 48.9 Å². The Bertz CT molecular complexity index is 1460. The summed E-state index contributed by atoms with van der Waals surface area (Å²) in [4.78, 5) is 38.1. The number of imidazole rings is 1. The standard InChI is InChI=1S/C26H28F3N9O/c1-36(2)23-13-20(31-16-32-23)18-3-4-19-21(12-18)34-25(33-19)35-22-11-17(5-6-30-22)15-37-7-9-38(10-8-37)24(39)14-26(27,28)29/h3-6,11-13,16H,7-10,14-15H2,1-2H3,(H2,30,33,34,35). The summed E-state index contributed by atoms with van der Waals surface area (Å²) in [6, 6.07) is 11.6. The predicted molar refractivity (Wildman–Crippen MR) is 141 cm³/mol. The third-order valence-corrected chi connectivity index (χ3v) is 6.44. The predicted octanol–water partition coefficient (Wildman–Crippen LogP) is 3.82. The van der Waals surface area contributed by atoms with Gasteiger partial charge in [-0.3, -0.25) is 9.69 Å². The number of piperazine rings is 1. The van der Waals surface area contributed by atoms with Crippen molar-refractivity contribution >= 4 is 34.5 Å². The molecule has 1 saturated heterocycles. The summed E-state index contributed by atoms with van der Waals surface area (Å²) in [5.41, 5.74) is 4.36. The lowest BCUT2D eigenvalue weighted by Gasteiger charge is -2.35. The summed E-state index contributed by atoms with van der Waals surface area (Å²) >= 11 is 0. The molecule has 39 heavy (non-hydrogen) atoms. The van der Waals surface area contributed by atoms with E-state index < -0.39 is 18.5 Å². The van der Waals surface area contributed by atoms with E-state index in [0.29, 0.717) is 31.4 Å². The molecule has 3 aromatic heterocycles. The van der Waals surface area contributed by atoms with Crippen LogP contribution in [0.5, 0.6) is 0 Å². The fourth-order valence-corrected chi connectivity index (χ4v) is 4.44. The van der Waals surface area contributed by atoms with Crippen molar-refractivity contribution in [2.45, 2.75) is 19.1 Å². The number of rotatable bonds is 7. The lowest BCUT2D eigenvalue weighted by Crippen LogP contribution is -2.49. The molecule has 2 N–H and O–H groups in total. The molecule has 10 nitrogen and oxygen atoms in total. The van der Waals surface area contributed by atoms with E-state index in [9.17, 15) is 18.0 Å². The molecule has 1 aliphatic heterocycles. The number of alkyl halides is 3. The second-order valence-electron chi connectivity index (χ2n) is 9.60. The van der Waals surface area contributed by atoms with Gasteiger partial charge in [0.2, 0.25) is 11.9 Å². The van der Waals surface area contributed by atoms with Gasteiger partial charge in [-0.1, -0.05) is 6.07 Å². The molecule has 1 amide bonds. The molecule has 0 aliphatic carbocycles. The van der Waals surface area contributed by atoms with Crippen LogP contribution in [-0.4, -0.2) is 87.1 Å². The zero-order valence-electron chi connectivity index (χ0n) is 21.5. The van der Waals surface area contributed by atoms with E-state index in [0.717, 1.165) is 33.7 Å². The van der Waals surface area contributed by atoms with E-state index in [-0.39, 0.29) is 13.1 Å². The normalized spacial score (nSPS) is 14.5. The van der Waals surface area contributed by atoms with Crippen molar-refractivity contribution in [3.05, 3.63) is 54.5 Å². The van der Waals surface area contributed by atoms with Crippen molar-refractivity contribution in [3.8, 4) is 11.3 Å². The van der Waals surface area contributed by atoms with Crippen LogP contribution in [0.1, 0.15) is 12.0 Å². The maximum atomic E-state index is 12.5. The summed E-state index contributed by atoms with van der Waals surface area (Å²) < 4.78 is 37.6. The maximum Gasteiger partial charge on any atom is 0.397 e. The molecule has 0 bridgehead atoms. The van der Waals surface area contributed by atoms with Gasteiger partial charge in [0, 0.05) is 64.6 Å². The first-order chi connectivity index (χ1) is 18.6. The summed E-state index contributed by atoms with van der Waals surface area (Å²) in [6.45, 7) is 2.15. The summed E-state index contributed by atoms with van der Waals surface area (Å²) in [5.74, 6) is 1.10. The number of carbonyl (C=O) groups is 1. The minimum atomic E-state index is -4.48. The van der Waals surface area contributed by atoms with Crippen LogP contribution >= 0.6 is 0 Å². The van der Waals surface area contributed by atoms with Gasteiger partial charge >= 0.3 is 6.18 Å². The monoisotopic (exact) mass is 539 g/mol. The lowest BCUT2D eigenvalue weighted by molar-refractivity contribution is -0.162. The number of pyridine rings is 1. The Morgan fingerprint density at radius 3 is 2.59 bits per heavy atom. The first-order valence-electron chi connectivity index (χ1n) is 12.4. The van der Waals surface area contributed by atoms with E-state index in [2.05, 4.69) is 35.1 Å². The van der Waals surface area contributed by atoms with E-state index in [1.165, 1.54) is 4.90 Å².